The molecule has 1 aromatic rings. The number of methoxy groups -OCH3 is 1. The van der Waals surface area contributed by atoms with Gasteiger partial charge in [0.05, 0.1) is 12.6 Å². The Labute approximate surface area is 115 Å². The second-order valence-corrected chi connectivity index (χ2v) is 4.66. The van der Waals surface area contributed by atoms with Gasteiger partial charge in [-0.3, -0.25) is 5.43 Å². The Bertz CT molecular complexity index is 380. The summed E-state index contributed by atoms with van der Waals surface area (Å²) in [5.74, 6) is 6.07. The van der Waals surface area contributed by atoms with E-state index in [0.717, 1.165) is 6.42 Å². The van der Waals surface area contributed by atoms with Crippen LogP contribution in [0, 0.1) is 0 Å². The van der Waals surface area contributed by atoms with Crippen LogP contribution in [0.25, 0.3) is 0 Å². The molecule has 19 heavy (non-hydrogen) atoms. The molecule has 2 unspecified atom stereocenters. The van der Waals surface area contributed by atoms with E-state index in [9.17, 15) is 0 Å². The SMILES string of the molecule is COCC(C)N=C(NN)NC(C)Cc1ccccc1. The summed E-state index contributed by atoms with van der Waals surface area (Å²) in [6.07, 6.45) is 0.917. The van der Waals surface area contributed by atoms with Crippen LogP contribution in [-0.2, 0) is 11.2 Å². The van der Waals surface area contributed by atoms with Gasteiger partial charge in [-0.1, -0.05) is 30.3 Å². The summed E-state index contributed by atoms with van der Waals surface area (Å²) in [4.78, 5) is 4.41. The summed E-state index contributed by atoms with van der Waals surface area (Å²) in [6.45, 7) is 4.64. The smallest absolute Gasteiger partial charge is 0.206 e. The standard InChI is InChI=1S/C14H24N4O/c1-11(9-13-7-5-4-6-8-13)16-14(18-15)17-12(2)10-19-3/h4-8,11-12H,9-10,15H2,1-3H3,(H2,16,17,18). The molecule has 1 aromatic carbocycles. The second kappa shape index (κ2) is 8.50. The number of hydrogen-bond acceptors (Lipinski definition) is 3. The summed E-state index contributed by atoms with van der Waals surface area (Å²) >= 11 is 0. The highest BCUT2D eigenvalue weighted by Gasteiger charge is 2.07. The van der Waals surface area contributed by atoms with Crippen molar-refractivity contribution in [1.82, 2.24) is 10.7 Å². The zero-order chi connectivity index (χ0) is 14.1. The van der Waals surface area contributed by atoms with Gasteiger partial charge in [-0.2, -0.15) is 0 Å². The molecule has 5 heteroatoms. The molecule has 0 saturated heterocycles. The van der Waals surface area contributed by atoms with E-state index in [0.29, 0.717) is 12.6 Å². The van der Waals surface area contributed by atoms with Crippen LogP contribution < -0.4 is 16.6 Å². The van der Waals surface area contributed by atoms with Crippen LogP contribution in [0.1, 0.15) is 19.4 Å². The largest absolute Gasteiger partial charge is 0.382 e. The van der Waals surface area contributed by atoms with Gasteiger partial charge in [0.15, 0.2) is 0 Å². The first-order chi connectivity index (χ1) is 9.15. The van der Waals surface area contributed by atoms with Crippen LogP contribution in [-0.4, -0.2) is 31.8 Å². The lowest BCUT2D eigenvalue weighted by Crippen LogP contribution is -2.46. The fourth-order valence-corrected chi connectivity index (χ4v) is 1.87. The van der Waals surface area contributed by atoms with Crippen molar-refractivity contribution in [3.8, 4) is 0 Å². The number of nitrogens with zero attached hydrogens (tertiary/aromatic N) is 1. The van der Waals surface area contributed by atoms with E-state index in [1.54, 1.807) is 7.11 Å². The van der Waals surface area contributed by atoms with E-state index < -0.39 is 0 Å². The molecule has 0 aliphatic rings. The fraction of sp³-hybridized carbons (Fsp3) is 0.500. The summed E-state index contributed by atoms with van der Waals surface area (Å²) in [5, 5.41) is 3.26. The Morgan fingerprint density at radius 3 is 2.58 bits per heavy atom. The lowest BCUT2D eigenvalue weighted by Gasteiger charge is -2.18. The molecule has 0 saturated carbocycles. The Morgan fingerprint density at radius 2 is 2.00 bits per heavy atom. The highest BCUT2D eigenvalue weighted by molar-refractivity contribution is 5.79. The normalized spacial score (nSPS) is 14.8. The van der Waals surface area contributed by atoms with Crippen molar-refractivity contribution in [2.75, 3.05) is 13.7 Å². The Balaban J connectivity index is 2.51. The van der Waals surface area contributed by atoms with E-state index in [2.05, 4.69) is 34.8 Å². The minimum absolute atomic E-state index is 0.0625. The van der Waals surface area contributed by atoms with Gasteiger partial charge in [0.1, 0.15) is 0 Å². The zero-order valence-corrected chi connectivity index (χ0v) is 11.9. The van der Waals surface area contributed by atoms with Crippen LogP contribution in [0.5, 0.6) is 0 Å². The third-order valence-electron chi connectivity index (χ3n) is 2.66. The minimum Gasteiger partial charge on any atom is -0.382 e. The molecule has 0 aromatic heterocycles. The third-order valence-corrected chi connectivity index (χ3v) is 2.66. The van der Waals surface area contributed by atoms with Crippen LogP contribution in [0.2, 0.25) is 0 Å². The molecular weight excluding hydrogens is 240 g/mol. The van der Waals surface area contributed by atoms with Gasteiger partial charge >= 0.3 is 0 Å². The van der Waals surface area contributed by atoms with Crippen LogP contribution in [0.15, 0.2) is 35.3 Å². The Kier molecular flexibility index (Phi) is 6.92. The maximum absolute atomic E-state index is 5.47. The van der Waals surface area contributed by atoms with Crippen LogP contribution >= 0.6 is 0 Å². The average molecular weight is 264 g/mol. The second-order valence-electron chi connectivity index (χ2n) is 4.66. The number of hydrogen-bond donors (Lipinski definition) is 3. The topological polar surface area (TPSA) is 71.7 Å². The minimum atomic E-state index is 0.0625. The van der Waals surface area contributed by atoms with Crippen molar-refractivity contribution in [3.63, 3.8) is 0 Å². The maximum Gasteiger partial charge on any atom is 0.206 e. The van der Waals surface area contributed by atoms with Gasteiger partial charge < -0.3 is 10.1 Å². The molecule has 1 rings (SSSR count). The van der Waals surface area contributed by atoms with Crippen molar-refractivity contribution in [1.29, 1.82) is 0 Å². The first kappa shape index (κ1) is 15.5. The van der Waals surface area contributed by atoms with E-state index in [4.69, 9.17) is 10.6 Å². The molecule has 2 atom stereocenters. The molecular formula is C14H24N4O. The van der Waals surface area contributed by atoms with Crippen molar-refractivity contribution in [3.05, 3.63) is 35.9 Å². The van der Waals surface area contributed by atoms with Crippen molar-refractivity contribution < 1.29 is 4.74 Å². The maximum atomic E-state index is 5.47. The first-order valence-electron chi connectivity index (χ1n) is 6.49. The molecule has 0 radical (unpaired) electrons. The Hall–Kier alpha value is -1.59. The number of nitrogens with two attached hydrogens (primary N) is 1. The molecule has 4 N–H and O–H groups in total. The number of rotatable bonds is 6. The molecule has 0 heterocycles. The average Bonchev–Trinajstić information content (AvgIpc) is 2.39. The van der Waals surface area contributed by atoms with Gasteiger partial charge in [-0.05, 0) is 25.8 Å². The molecule has 0 amide bonds. The number of hydrazine groups is 1. The van der Waals surface area contributed by atoms with E-state index >= 15 is 0 Å². The van der Waals surface area contributed by atoms with Crippen molar-refractivity contribution >= 4 is 5.96 Å². The molecule has 5 nitrogen and oxygen atoms in total. The van der Waals surface area contributed by atoms with Gasteiger partial charge in [0, 0.05) is 13.2 Å². The van der Waals surface area contributed by atoms with Crippen molar-refractivity contribution in [2.45, 2.75) is 32.4 Å². The molecule has 0 spiro atoms. The van der Waals surface area contributed by atoms with Gasteiger partial charge in [-0.25, -0.2) is 10.8 Å². The lowest BCUT2D eigenvalue weighted by molar-refractivity contribution is 0.185. The number of aliphatic imine (C=N–C) groups is 1. The molecule has 106 valence electrons. The highest BCUT2D eigenvalue weighted by atomic mass is 16.5. The molecule has 0 aliphatic carbocycles. The quantitative estimate of drug-likeness (QED) is 0.311. The predicted molar refractivity (Wildman–Crippen MR) is 78.8 cm³/mol. The number of ether oxygens (including phenoxy) is 1. The van der Waals surface area contributed by atoms with E-state index in [1.807, 2.05) is 25.1 Å². The van der Waals surface area contributed by atoms with Crippen molar-refractivity contribution in [2.24, 2.45) is 10.8 Å². The van der Waals surface area contributed by atoms with Gasteiger partial charge in [0.25, 0.3) is 0 Å². The van der Waals surface area contributed by atoms with Crippen LogP contribution in [0.4, 0.5) is 0 Å². The summed E-state index contributed by atoms with van der Waals surface area (Å²) in [5.41, 5.74) is 3.87. The number of guanidine groups is 1. The number of nitrogens with one attached hydrogen (secondary N) is 2. The predicted octanol–water partition coefficient (Wildman–Crippen LogP) is 1.06. The van der Waals surface area contributed by atoms with E-state index in [1.165, 1.54) is 5.56 Å². The fourth-order valence-electron chi connectivity index (χ4n) is 1.87. The lowest BCUT2D eigenvalue weighted by atomic mass is 10.1. The molecule has 0 aliphatic heterocycles. The monoisotopic (exact) mass is 264 g/mol. The summed E-state index contributed by atoms with van der Waals surface area (Å²) < 4.78 is 5.05. The summed E-state index contributed by atoms with van der Waals surface area (Å²) in [7, 11) is 1.66. The third kappa shape index (κ3) is 6.22. The van der Waals surface area contributed by atoms with E-state index in [-0.39, 0.29) is 12.1 Å². The number of benzene rings is 1. The van der Waals surface area contributed by atoms with Gasteiger partial charge in [-0.15, -0.1) is 0 Å². The van der Waals surface area contributed by atoms with Crippen LogP contribution in [0.3, 0.4) is 0 Å². The Morgan fingerprint density at radius 1 is 1.32 bits per heavy atom. The van der Waals surface area contributed by atoms with Gasteiger partial charge in [0.2, 0.25) is 5.96 Å². The molecule has 0 fully saturated rings. The zero-order valence-electron chi connectivity index (χ0n) is 11.9. The molecule has 0 bridgehead atoms. The summed E-state index contributed by atoms with van der Waals surface area (Å²) in [6, 6.07) is 10.6. The first-order valence-corrected chi connectivity index (χ1v) is 6.49. The highest BCUT2D eigenvalue weighted by Crippen LogP contribution is 2.02.